The maximum Gasteiger partial charge on any atom is 0.167 e. The van der Waals surface area contributed by atoms with E-state index in [1.807, 2.05) is 48.5 Å². The molecule has 6 nitrogen and oxygen atoms in total. The summed E-state index contributed by atoms with van der Waals surface area (Å²) in [6.07, 6.45) is 0. The Morgan fingerprint density at radius 1 is 0.879 bits per heavy atom. The van der Waals surface area contributed by atoms with Crippen molar-refractivity contribution in [3.8, 4) is 34.3 Å². The summed E-state index contributed by atoms with van der Waals surface area (Å²) >= 11 is 0. The van der Waals surface area contributed by atoms with Crippen LogP contribution in [0.4, 0.5) is 0 Å². The Morgan fingerprint density at radius 3 is 2.39 bits per heavy atom. The van der Waals surface area contributed by atoms with E-state index in [4.69, 9.17) is 19.0 Å². The summed E-state index contributed by atoms with van der Waals surface area (Å²) in [5.41, 5.74) is 5.93. The molecule has 166 valence electrons. The fourth-order valence-electron chi connectivity index (χ4n) is 4.04. The van der Waals surface area contributed by atoms with Gasteiger partial charge in [-0.05, 0) is 73.5 Å². The van der Waals surface area contributed by atoms with Gasteiger partial charge in [-0.3, -0.25) is 0 Å². The maximum atomic E-state index is 6.07. The van der Waals surface area contributed by atoms with Crippen molar-refractivity contribution in [2.24, 2.45) is 0 Å². The minimum Gasteiger partial charge on any atom is -0.497 e. The number of imidazole rings is 1. The summed E-state index contributed by atoms with van der Waals surface area (Å²) < 4.78 is 19.1. The summed E-state index contributed by atoms with van der Waals surface area (Å²) in [7, 11) is 1.65. The SMILES string of the molecule is COc1ccc(-c2cc(-c3nc4ccccc4n3CCOc3cc(C)cc(C)c3)no2)cc1. The summed E-state index contributed by atoms with van der Waals surface area (Å²) in [6.45, 7) is 5.30. The predicted molar refractivity (Wildman–Crippen MR) is 129 cm³/mol. The lowest BCUT2D eigenvalue weighted by Crippen LogP contribution is -2.09. The summed E-state index contributed by atoms with van der Waals surface area (Å²) in [4.78, 5) is 4.84. The van der Waals surface area contributed by atoms with E-state index in [1.165, 1.54) is 11.1 Å². The molecule has 5 rings (SSSR count). The molecule has 33 heavy (non-hydrogen) atoms. The Balaban J connectivity index is 1.43. The molecule has 0 aliphatic heterocycles. The van der Waals surface area contributed by atoms with Crippen LogP contribution in [0.5, 0.6) is 11.5 Å². The first kappa shape index (κ1) is 20.8. The van der Waals surface area contributed by atoms with E-state index in [-0.39, 0.29) is 0 Å². The Morgan fingerprint density at radius 2 is 1.64 bits per heavy atom. The lowest BCUT2D eigenvalue weighted by molar-refractivity contribution is 0.300. The number of rotatable bonds is 7. The maximum absolute atomic E-state index is 6.07. The highest BCUT2D eigenvalue weighted by Crippen LogP contribution is 2.29. The van der Waals surface area contributed by atoms with Gasteiger partial charge in [0.25, 0.3) is 0 Å². The van der Waals surface area contributed by atoms with Gasteiger partial charge in [-0.15, -0.1) is 0 Å². The van der Waals surface area contributed by atoms with E-state index in [9.17, 15) is 0 Å². The fraction of sp³-hybridized carbons (Fsp3) is 0.185. The smallest absolute Gasteiger partial charge is 0.167 e. The molecule has 3 aromatic carbocycles. The van der Waals surface area contributed by atoms with Gasteiger partial charge in [-0.2, -0.15) is 0 Å². The van der Waals surface area contributed by atoms with Crippen molar-refractivity contribution in [3.05, 3.63) is 83.9 Å². The Labute approximate surface area is 192 Å². The third-order valence-corrected chi connectivity index (χ3v) is 5.55. The molecule has 0 saturated heterocycles. The zero-order valence-corrected chi connectivity index (χ0v) is 18.9. The second-order valence-electron chi connectivity index (χ2n) is 8.05. The molecule has 0 atom stereocenters. The predicted octanol–water partition coefficient (Wildman–Crippen LogP) is 6.06. The van der Waals surface area contributed by atoms with Crippen molar-refractivity contribution < 1.29 is 14.0 Å². The quantitative estimate of drug-likeness (QED) is 0.308. The van der Waals surface area contributed by atoms with Gasteiger partial charge in [0.05, 0.1) is 24.7 Å². The van der Waals surface area contributed by atoms with Crippen molar-refractivity contribution in [2.75, 3.05) is 13.7 Å². The second-order valence-corrected chi connectivity index (χ2v) is 8.05. The molecule has 6 heteroatoms. The fourth-order valence-corrected chi connectivity index (χ4v) is 4.04. The summed E-state index contributed by atoms with van der Waals surface area (Å²) in [5, 5.41) is 4.32. The first-order valence-electron chi connectivity index (χ1n) is 10.9. The van der Waals surface area contributed by atoms with Crippen LogP contribution >= 0.6 is 0 Å². The number of aryl methyl sites for hydroxylation is 2. The molecule has 0 bridgehead atoms. The van der Waals surface area contributed by atoms with Gasteiger partial charge >= 0.3 is 0 Å². The minimum atomic E-state index is 0.513. The summed E-state index contributed by atoms with van der Waals surface area (Å²) in [6, 6.07) is 23.9. The monoisotopic (exact) mass is 439 g/mol. The largest absolute Gasteiger partial charge is 0.497 e. The zero-order chi connectivity index (χ0) is 22.8. The van der Waals surface area contributed by atoms with E-state index >= 15 is 0 Å². The van der Waals surface area contributed by atoms with Crippen LogP contribution < -0.4 is 9.47 Å². The molecule has 0 aliphatic rings. The first-order chi connectivity index (χ1) is 16.1. The van der Waals surface area contributed by atoms with Gasteiger partial charge in [0.2, 0.25) is 0 Å². The van der Waals surface area contributed by atoms with Gasteiger partial charge < -0.3 is 18.6 Å². The van der Waals surface area contributed by atoms with E-state index in [2.05, 4.69) is 47.8 Å². The molecule has 0 radical (unpaired) electrons. The average molecular weight is 440 g/mol. The highest BCUT2D eigenvalue weighted by atomic mass is 16.5. The normalized spacial score (nSPS) is 11.1. The number of methoxy groups -OCH3 is 1. The van der Waals surface area contributed by atoms with Crippen LogP contribution in [-0.2, 0) is 6.54 Å². The molecular formula is C27H25N3O3. The molecule has 0 saturated carbocycles. The average Bonchev–Trinajstić information content (AvgIpc) is 3.44. The Bertz CT molecular complexity index is 1380. The second kappa shape index (κ2) is 8.82. The van der Waals surface area contributed by atoms with Crippen LogP contribution in [0.3, 0.4) is 0 Å². The van der Waals surface area contributed by atoms with Crippen LogP contribution in [0.15, 0.2) is 77.3 Å². The highest BCUT2D eigenvalue weighted by Gasteiger charge is 2.17. The standard InChI is InChI=1S/C27H25N3O3/c1-18-14-19(2)16-22(15-18)32-13-12-30-25-7-5-4-6-23(25)28-27(30)24-17-26(33-29-24)20-8-10-21(31-3)11-9-20/h4-11,14-17H,12-13H2,1-3H3. The lowest BCUT2D eigenvalue weighted by atomic mass is 10.1. The molecule has 2 aromatic heterocycles. The molecule has 5 aromatic rings. The van der Waals surface area contributed by atoms with E-state index in [0.29, 0.717) is 24.6 Å². The van der Waals surface area contributed by atoms with Gasteiger partial charge in [-0.25, -0.2) is 4.98 Å². The zero-order valence-electron chi connectivity index (χ0n) is 18.9. The molecule has 2 heterocycles. The summed E-state index contributed by atoms with van der Waals surface area (Å²) in [5.74, 6) is 3.10. The van der Waals surface area contributed by atoms with Gasteiger partial charge in [0.15, 0.2) is 11.6 Å². The number of aromatic nitrogens is 3. The molecule has 0 amide bonds. The van der Waals surface area contributed by atoms with E-state index in [0.717, 1.165) is 33.9 Å². The minimum absolute atomic E-state index is 0.513. The van der Waals surface area contributed by atoms with Crippen molar-refractivity contribution in [3.63, 3.8) is 0 Å². The van der Waals surface area contributed by atoms with Crippen molar-refractivity contribution >= 4 is 11.0 Å². The number of fused-ring (bicyclic) bond motifs is 1. The van der Waals surface area contributed by atoms with Crippen LogP contribution in [0.1, 0.15) is 11.1 Å². The molecule has 0 spiro atoms. The highest BCUT2D eigenvalue weighted by molar-refractivity contribution is 5.80. The number of ether oxygens (including phenoxy) is 2. The topological polar surface area (TPSA) is 62.3 Å². The van der Waals surface area contributed by atoms with Crippen LogP contribution in [-0.4, -0.2) is 28.4 Å². The van der Waals surface area contributed by atoms with Gasteiger partial charge in [0.1, 0.15) is 23.8 Å². The van der Waals surface area contributed by atoms with Crippen LogP contribution in [0, 0.1) is 13.8 Å². The number of hydrogen-bond donors (Lipinski definition) is 0. The molecular weight excluding hydrogens is 414 g/mol. The number of benzene rings is 3. The van der Waals surface area contributed by atoms with E-state index in [1.54, 1.807) is 7.11 Å². The number of hydrogen-bond acceptors (Lipinski definition) is 5. The third kappa shape index (κ3) is 4.32. The van der Waals surface area contributed by atoms with Gasteiger partial charge in [0, 0.05) is 11.6 Å². The number of nitrogens with zero attached hydrogens (tertiary/aromatic N) is 3. The Kier molecular flexibility index (Phi) is 5.57. The molecule has 0 unspecified atom stereocenters. The lowest BCUT2D eigenvalue weighted by Gasteiger charge is -2.11. The number of para-hydroxylation sites is 2. The third-order valence-electron chi connectivity index (χ3n) is 5.55. The van der Waals surface area contributed by atoms with Crippen molar-refractivity contribution in [2.45, 2.75) is 20.4 Å². The molecule has 0 aliphatic carbocycles. The first-order valence-corrected chi connectivity index (χ1v) is 10.9. The van der Waals surface area contributed by atoms with Gasteiger partial charge in [-0.1, -0.05) is 23.4 Å². The van der Waals surface area contributed by atoms with E-state index < -0.39 is 0 Å². The van der Waals surface area contributed by atoms with Crippen LogP contribution in [0.25, 0.3) is 33.9 Å². The molecule has 0 fully saturated rings. The Hall–Kier alpha value is -4.06. The van der Waals surface area contributed by atoms with Crippen molar-refractivity contribution in [1.82, 2.24) is 14.7 Å². The molecule has 0 N–H and O–H groups in total. The van der Waals surface area contributed by atoms with Crippen molar-refractivity contribution in [1.29, 1.82) is 0 Å². The van der Waals surface area contributed by atoms with Crippen LogP contribution in [0.2, 0.25) is 0 Å².